The number of nitrogens with two attached hydrogens (primary N) is 1. The van der Waals surface area contributed by atoms with Crippen molar-refractivity contribution in [3.8, 4) is 17.0 Å². The molecule has 4 N–H and O–H groups in total. The Labute approximate surface area is 146 Å². The average molecular weight is 346 g/mol. The number of hydrogen-bond donors (Lipinski definition) is 3. The van der Waals surface area contributed by atoms with Crippen molar-refractivity contribution in [1.29, 1.82) is 0 Å². The van der Waals surface area contributed by atoms with Gasteiger partial charge in [0.05, 0.1) is 18.0 Å². The minimum atomic E-state index is -0.213. The maximum Gasteiger partial charge on any atom is 0.139 e. The lowest BCUT2D eigenvalue weighted by Crippen LogP contribution is -2.28. The van der Waals surface area contributed by atoms with Gasteiger partial charge in [0.1, 0.15) is 17.9 Å². The monoisotopic (exact) mass is 346 g/mol. The van der Waals surface area contributed by atoms with E-state index in [9.17, 15) is 5.11 Å². The van der Waals surface area contributed by atoms with E-state index >= 15 is 0 Å². The number of nitrogens with zero attached hydrogens (tertiary/aromatic N) is 2. The number of ether oxygens (including phenoxy) is 1. The van der Waals surface area contributed by atoms with Crippen LogP contribution < -0.4 is 10.5 Å². The minimum Gasteiger partial charge on any atom is -0.506 e. The van der Waals surface area contributed by atoms with Crippen molar-refractivity contribution >= 4 is 23.5 Å². The van der Waals surface area contributed by atoms with E-state index in [1.807, 2.05) is 6.07 Å². The van der Waals surface area contributed by atoms with Crippen LogP contribution in [-0.4, -0.2) is 34.5 Å². The van der Waals surface area contributed by atoms with Crippen LogP contribution in [0.25, 0.3) is 11.3 Å². The number of nitrogens with one attached hydrogen (secondary N) is 1. The summed E-state index contributed by atoms with van der Waals surface area (Å²) in [6, 6.07) is 3.59. The first-order valence-corrected chi connectivity index (χ1v) is 8.77. The molecule has 0 atom stereocenters. The molecule has 0 spiro atoms. The predicted molar refractivity (Wildman–Crippen MR) is 98.2 cm³/mol. The van der Waals surface area contributed by atoms with Crippen LogP contribution in [0.15, 0.2) is 18.5 Å². The molecule has 3 rings (SSSR count). The topological polar surface area (TPSA) is 93.3 Å². The zero-order valence-corrected chi connectivity index (χ0v) is 14.9. The van der Waals surface area contributed by atoms with E-state index in [-0.39, 0.29) is 11.2 Å². The lowest BCUT2D eigenvalue weighted by atomic mass is 9.71. The molecule has 1 aromatic carbocycles. The lowest BCUT2D eigenvalue weighted by Gasteiger charge is -2.35. The Balaban J connectivity index is 2.07. The Morgan fingerprint density at radius 2 is 2.17 bits per heavy atom. The molecule has 2 aromatic rings. The first kappa shape index (κ1) is 16.9. The number of benzene rings is 1. The number of aromatic nitrogens is 2. The van der Waals surface area contributed by atoms with Gasteiger partial charge in [-0.05, 0) is 29.5 Å². The Kier molecular flexibility index (Phi) is 4.56. The van der Waals surface area contributed by atoms with E-state index in [0.717, 1.165) is 40.2 Å². The van der Waals surface area contributed by atoms with Gasteiger partial charge in [-0.25, -0.2) is 9.97 Å². The number of fused-ring (bicyclic) bond motifs is 3. The summed E-state index contributed by atoms with van der Waals surface area (Å²) in [6.07, 6.45) is 2.24. The van der Waals surface area contributed by atoms with E-state index in [4.69, 9.17) is 10.5 Å². The first-order chi connectivity index (χ1) is 11.5. The van der Waals surface area contributed by atoms with Gasteiger partial charge in [-0.3, -0.25) is 0 Å². The van der Waals surface area contributed by atoms with Gasteiger partial charge in [0, 0.05) is 24.0 Å². The fraction of sp³-hybridized carbons (Fsp3) is 0.412. The van der Waals surface area contributed by atoms with Crippen molar-refractivity contribution in [2.45, 2.75) is 25.7 Å². The Morgan fingerprint density at radius 1 is 1.38 bits per heavy atom. The summed E-state index contributed by atoms with van der Waals surface area (Å²) in [7, 11) is 1.67. The third-order valence-electron chi connectivity index (χ3n) is 4.28. The smallest absolute Gasteiger partial charge is 0.139 e. The standard InChI is InChI=1S/C17H22N4O2S/c1-17(2)8-11-10(15-13(17)16(18)20-9-19-15)4-5-12(22)14(11)21-24-7-6-23-3/h4-5,9,21-22H,6-8H2,1-3H3,(H2,18,19,20). The number of nitrogen functional groups attached to an aromatic ring is 1. The van der Waals surface area contributed by atoms with Crippen LogP contribution in [0.4, 0.5) is 11.5 Å². The van der Waals surface area contributed by atoms with Crippen LogP contribution in [0.1, 0.15) is 25.0 Å². The summed E-state index contributed by atoms with van der Waals surface area (Å²) in [4.78, 5) is 8.62. The number of aromatic hydroxyl groups is 1. The minimum absolute atomic E-state index is 0.213. The van der Waals surface area contributed by atoms with Crippen LogP contribution >= 0.6 is 11.9 Å². The van der Waals surface area contributed by atoms with E-state index in [2.05, 4.69) is 28.5 Å². The largest absolute Gasteiger partial charge is 0.506 e. The summed E-state index contributed by atoms with van der Waals surface area (Å²) >= 11 is 1.51. The maximum atomic E-state index is 10.3. The highest BCUT2D eigenvalue weighted by atomic mass is 32.2. The molecular weight excluding hydrogens is 324 g/mol. The molecular formula is C17H22N4O2S. The number of rotatable bonds is 5. The number of methoxy groups -OCH3 is 1. The molecule has 7 heteroatoms. The van der Waals surface area contributed by atoms with Gasteiger partial charge in [-0.1, -0.05) is 25.8 Å². The molecule has 0 saturated heterocycles. The highest BCUT2D eigenvalue weighted by Crippen LogP contribution is 2.48. The van der Waals surface area contributed by atoms with E-state index in [0.29, 0.717) is 12.4 Å². The van der Waals surface area contributed by atoms with Gasteiger partial charge >= 0.3 is 0 Å². The molecule has 1 aliphatic carbocycles. The fourth-order valence-electron chi connectivity index (χ4n) is 3.20. The van der Waals surface area contributed by atoms with Crippen molar-refractivity contribution in [2.24, 2.45) is 0 Å². The Morgan fingerprint density at radius 3 is 2.92 bits per heavy atom. The van der Waals surface area contributed by atoms with Gasteiger partial charge in [0.25, 0.3) is 0 Å². The molecule has 0 radical (unpaired) electrons. The quantitative estimate of drug-likeness (QED) is 0.435. The van der Waals surface area contributed by atoms with Crippen molar-refractivity contribution in [3.05, 3.63) is 29.6 Å². The third kappa shape index (κ3) is 2.89. The summed E-state index contributed by atoms with van der Waals surface area (Å²) in [6.45, 7) is 4.90. The van der Waals surface area contributed by atoms with Gasteiger partial charge in [-0.15, -0.1) is 0 Å². The van der Waals surface area contributed by atoms with Crippen LogP contribution in [-0.2, 0) is 16.6 Å². The molecule has 0 fully saturated rings. The van der Waals surface area contributed by atoms with Crippen LogP contribution in [0.2, 0.25) is 0 Å². The van der Waals surface area contributed by atoms with Crippen LogP contribution in [0.3, 0.4) is 0 Å². The molecule has 0 bridgehead atoms. The summed E-state index contributed by atoms with van der Waals surface area (Å²) < 4.78 is 8.33. The Hall–Kier alpha value is -1.99. The highest BCUT2D eigenvalue weighted by molar-refractivity contribution is 8.00. The predicted octanol–water partition coefficient (Wildman–Crippen LogP) is 2.97. The van der Waals surface area contributed by atoms with E-state index in [1.165, 1.54) is 18.3 Å². The summed E-state index contributed by atoms with van der Waals surface area (Å²) in [5.74, 6) is 1.54. The zero-order chi connectivity index (χ0) is 17.3. The second-order valence-corrected chi connectivity index (χ2v) is 7.37. The molecule has 24 heavy (non-hydrogen) atoms. The molecule has 1 heterocycles. The van der Waals surface area contributed by atoms with Gasteiger partial charge < -0.3 is 20.3 Å². The number of hydrogen-bond acceptors (Lipinski definition) is 7. The number of phenolic OH excluding ortho intramolecular Hbond substituents is 1. The molecule has 6 nitrogen and oxygen atoms in total. The average Bonchev–Trinajstić information content (AvgIpc) is 2.52. The van der Waals surface area contributed by atoms with Gasteiger partial charge in [-0.2, -0.15) is 0 Å². The maximum absolute atomic E-state index is 10.3. The molecule has 1 aliphatic rings. The summed E-state index contributed by atoms with van der Waals surface area (Å²) in [5.41, 5.74) is 10.5. The number of anilines is 2. The highest BCUT2D eigenvalue weighted by Gasteiger charge is 2.36. The lowest BCUT2D eigenvalue weighted by molar-refractivity contribution is 0.219. The zero-order valence-electron chi connectivity index (χ0n) is 14.1. The van der Waals surface area contributed by atoms with Crippen molar-refractivity contribution in [1.82, 2.24) is 9.97 Å². The molecule has 0 unspecified atom stereocenters. The molecule has 1 aromatic heterocycles. The SMILES string of the molecule is COCCSNc1c(O)ccc2c1CC(C)(C)c1c(N)ncnc1-2. The second-order valence-electron chi connectivity index (χ2n) is 6.47. The second kappa shape index (κ2) is 6.49. The van der Waals surface area contributed by atoms with Gasteiger partial charge in [0.15, 0.2) is 0 Å². The molecule has 0 aliphatic heterocycles. The fourth-order valence-corrected chi connectivity index (χ4v) is 3.93. The molecule has 0 saturated carbocycles. The summed E-state index contributed by atoms with van der Waals surface area (Å²) in [5, 5.41) is 10.3. The van der Waals surface area contributed by atoms with Crippen LogP contribution in [0, 0.1) is 0 Å². The number of phenols is 1. The normalized spacial score (nSPS) is 14.8. The molecule has 128 valence electrons. The third-order valence-corrected chi connectivity index (χ3v) is 5.00. The van der Waals surface area contributed by atoms with Crippen molar-refractivity contribution in [3.63, 3.8) is 0 Å². The van der Waals surface area contributed by atoms with E-state index in [1.54, 1.807) is 13.2 Å². The van der Waals surface area contributed by atoms with Crippen molar-refractivity contribution < 1.29 is 9.84 Å². The van der Waals surface area contributed by atoms with E-state index < -0.39 is 0 Å². The van der Waals surface area contributed by atoms with Crippen LogP contribution in [0.5, 0.6) is 5.75 Å². The first-order valence-electron chi connectivity index (χ1n) is 7.78. The molecule has 0 amide bonds. The van der Waals surface area contributed by atoms with Crippen molar-refractivity contribution in [2.75, 3.05) is 29.9 Å². The Bertz CT molecular complexity index is 764. The van der Waals surface area contributed by atoms with Gasteiger partial charge in [0.2, 0.25) is 0 Å².